The molecule has 11 heteroatoms. The predicted octanol–water partition coefficient (Wildman–Crippen LogP) is 5.57. The van der Waals surface area contributed by atoms with E-state index < -0.39 is 13.5 Å². The first-order chi connectivity index (χ1) is 13.4. The number of hydrogen-bond donors (Lipinski definition) is 0. The number of benzene rings is 1. The van der Waals surface area contributed by atoms with Crippen LogP contribution < -0.4 is 0 Å². The van der Waals surface area contributed by atoms with Gasteiger partial charge in [0.25, 0.3) is 0 Å². The van der Waals surface area contributed by atoms with E-state index >= 15 is 0 Å². The Balaban J connectivity index is 0.000000392. The van der Waals surface area contributed by atoms with Crippen molar-refractivity contribution in [3.63, 3.8) is 0 Å². The van der Waals surface area contributed by atoms with Crippen molar-refractivity contribution in [1.82, 2.24) is 17.2 Å². The van der Waals surface area contributed by atoms with Crippen LogP contribution in [-0.4, -0.2) is 74.0 Å². The Labute approximate surface area is 202 Å². The van der Waals surface area contributed by atoms with Gasteiger partial charge in [-0.05, 0) is 52.2 Å². The second-order valence-electron chi connectivity index (χ2n) is 5.05. The molecule has 0 N–H and O–H groups in total. The van der Waals surface area contributed by atoms with Crippen molar-refractivity contribution in [1.29, 1.82) is 0 Å². The fourth-order valence-corrected chi connectivity index (χ4v) is 5.03. The third kappa shape index (κ3) is 16.3. The van der Waals surface area contributed by atoms with Crippen LogP contribution in [0.5, 0.6) is 0 Å². The van der Waals surface area contributed by atoms with Crippen LogP contribution in [0.3, 0.4) is 0 Å². The van der Waals surface area contributed by atoms with E-state index in [2.05, 4.69) is 36.4 Å². The predicted molar refractivity (Wildman–Crippen MR) is 135 cm³/mol. The van der Waals surface area contributed by atoms with Crippen LogP contribution in [0.1, 0.15) is 5.56 Å². The molecule has 1 saturated heterocycles. The van der Waals surface area contributed by atoms with Crippen LogP contribution in [0.25, 0.3) is 0 Å². The summed E-state index contributed by atoms with van der Waals surface area (Å²) in [7, 11) is 15.4. The first-order valence-electron chi connectivity index (χ1n) is 8.09. The van der Waals surface area contributed by atoms with Gasteiger partial charge in [-0.3, -0.25) is 0 Å². The fourth-order valence-electron chi connectivity index (χ4n) is 1.67. The summed E-state index contributed by atoms with van der Waals surface area (Å²) in [6.07, 6.45) is 8.29. The third-order valence-corrected chi connectivity index (χ3v) is 7.87. The molecule has 1 aliphatic rings. The Morgan fingerprint density at radius 2 is 1.43 bits per heavy atom. The molecule has 1 fully saturated rings. The van der Waals surface area contributed by atoms with Gasteiger partial charge < -0.3 is 17.2 Å². The number of rotatable bonds is 7. The van der Waals surface area contributed by atoms with Gasteiger partial charge in [0.05, 0.1) is 0 Å². The molecule has 0 spiro atoms. The maximum atomic E-state index is 5.67. The van der Waals surface area contributed by atoms with Gasteiger partial charge in [0.1, 0.15) is 0 Å². The van der Waals surface area contributed by atoms with E-state index in [0.29, 0.717) is 0 Å². The molecular weight excluding hydrogens is 560 g/mol. The topological polar surface area (TPSA) is 13.0 Å². The van der Waals surface area contributed by atoms with E-state index in [1.54, 1.807) is 47.8 Å². The first kappa shape index (κ1) is 29.5. The number of halogens is 2. The molecule has 0 unspecified atom stereocenters. The SMILES string of the molecule is CSN(C)[CH-]N(C)SC.CSN1[CH-]N(SC)CC1.[Cl][Ru]([Cl])=[CH]c1ccccc1. The zero-order chi connectivity index (χ0) is 21.4. The molecule has 0 bridgehead atoms. The van der Waals surface area contributed by atoms with Gasteiger partial charge in [0.2, 0.25) is 0 Å². The van der Waals surface area contributed by atoms with Crippen molar-refractivity contribution in [2.24, 2.45) is 0 Å². The maximum absolute atomic E-state index is 5.67. The number of hydrogen-bond acceptors (Lipinski definition) is 8. The first-order valence-corrected chi connectivity index (χ1v) is 18.3. The second kappa shape index (κ2) is 19.2. The Kier molecular flexibility index (Phi) is 20.3. The standard InChI is InChI=1S/C7H6.C5H11N2S2.C5H13N2S2.2ClH.Ru/c1-7-5-3-2-4-6-7;1-8-6-3-4-7(5-6)9-2;1-6(8-3)5-7(2)9-4;;;/h1-6H;5H,3-4H2,1-2H3;5H,1-4H3;2*1H;/q;2*-1;;;+2/p-2. The molecule has 166 valence electrons. The van der Waals surface area contributed by atoms with E-state index in [0.717, 1.165) is 18.7 Å². The summed E-state index contributed by atoms with van der Waals surface area (Å²) in [6.45, 7) is 6.49. The van der Waals surface area contributed by atoms with Gasteiger partial charge >= 0.3 is 73.4 Å². The summed E-state index contributed by atoms with van der Waals surface area (Å²) in [4.78, 5) is 0. The molecule has 1 heterocycles. The quantitative estimate of drug-likeness (QED) is 0.230. The van der Waals surface area contributed by atoms with Crippen LogP contribution in [0.4, 0.5) is 0 Å². The minimum atomic E-state index is -1.61. The van der Waals surface area contributed by atoms with Gasteiger partial charge in [-0.1, -0.05) is 0 Å². The van der Waals surface area contributed by atoms with E-state index in [-0.39, 0.29) is 0 Å². The van der Waals surface area contributed by atoms with Crippen LogP contribution >= 0.6 is 67.2 Å². The Hall–Kier alpha value is 1.53. The Bertz CT molecular complexity index is 509. The Morgan fingerprint density at radius 3 is 1.75 bits per heavy atom. The van der Waals surface area contributed by atoms with E-state index in [4.69, 9.17) is 19.4 Å². The molecule has 1 aliphatic heterocycles. The van der Waals surface area contributed by atoms with Crippen molar-refractivity contribution in [3.8, 4) is 0 Å². The van der Waals surface area contributed by atoms with E-state index in [1.807, 2.05) is 68.2 Å². The average Bonchev–Trinajstić information content (AvgIpc) is 3.17. The summed E-state index contributed by atoms with van der Waals surface area (Å²) >= 11 is 5.32. The van der Waals surface area contributed by atoms with Gasteiger partial charge in [0, 0.05) is 0 Å². The zero-order valence-corrected chi connectivity index (χ0v) is 23.6. The van der Waals surface area contributed by atoms with Crippen molar-refractivity contribution in [3.05, 3.63) is 49.2 Å². The van der Waals surface area contributed by atoms with Gasteiger partial charge in [-0.25, -0.2) is 0 Å². The molecule has 0 aliphatic carbocycles. The molecular formula is C17H30Cl2N4RuS4-2. The second-order valence-corrected chi connectivity index (χ2v) is 14.3. The third-order valence-electron chi connectivity index (χ3n) is 3.16. The Morgan fingerprint density at radius 1 is 0.964 bits per heavy atom. The molecule has 1 aromatic rings. The monoisotopic (exact) mass is 590 g/mol. The average molecular weight is 591 g/mol. The fraction of sp³-hybridized carbons (Fsp3) is 0.471. The summed E-state index contributed by atoms with van der Waals surface area (Å²) in [6, 6.07) is 9.89. The number of nitrogens with zero attached hydrogens (tertiary/aromatic N) is 4. The summed E-state index contributed by atoms with van der Waals surface area (Å²) in [5, 5.41) is 0. The molecule has 0 amide bonds. The van der Waals surface area contributed by atoms with E-state index in [1.165, 1.54) is 0 Å². The van der Waals surface area contributed by atoms with Gasteiger partial charge in [-0.2, -0.15) is 13.3 Å². The van der Waals surface area contributed by atoms with Crippen LogP contribution in [0, 0.1) is 13.3 Å². The normalized spacial score (nSPS) is 15.0. The van der Waals surface area contributed by atoms with Crippen molar-refractivity contribution in [2.45, 2.75) is 0 Å². The minimum absolute atomic E-state index is 1.12. The molecule has 28 heavy (non-hydrogen) atoms. The van der Waals surface area contributed by atoms with Crippen molar-refractivity contribution >= 4 is 71.8 Å². The van der Waals surface area contributed by atoms with Crippen LogP contribution in [0.15, 0.2) is 30.3 Å². The summed E-state index contributed by atoms with van der Waals surface area (Å²) in [5.74, 6) is 0. The van der Waals surface area contributed by atoms with Crippen LogP contribution in [-0.2, 0) is 13.5 Å². The van der Waals surface area contributed by atoms with Gasteiger partial charge in [-0.15, -0.1) is 47.8 Å². The van der Waals surface area contributed by atoms with Crippen LogP contribution in [0.2, 0.25) is 0 Å². The zero-order valence-electron chi connectivity index (χ0n) is 17.1. The molecule has 0 atom stereocenters. The van der Waals surface area contributed by atoms with Gasteiger partial charge in [0.15, 0.2) is 0 Å². The molecule has 4 nitrogen and oxygen atoms in total. The molecule has 0 saturated carbocycles. The molecule has 0 aromatic heterocycles. The molecule has 2 rings (SSSR count). The summed E-state index contributed by atoms with van der Waals surface area (Å²) in [5.41, 5.74) is 1.12. The van der Waals surface area contributed by atoms with E-state index in [9.17, 15) is 0 Å². The van der Waals surface area contributed by atoms with Crippen molar-refractivity contribution in [2.75, 3.05) is 52.2 Å². The summed E-state index contributed by atoms with van der Waals surface area (Å²) < 4.78 is 10.5. The molecule has 1 aromatic carbocycles. The molecule has 0 radical (unpaired) electrons. The van der Waals surface area contributed by atoms with Crippen molar-refractivity contribution < 1.29 is 13.5 Å².